The number of aromatic nitrogens is 2. The van der Waals surface area contributed by atoms with Crippen LogP contribution < -0.4 is 4.90 Å². The van der Waals surface area contributed by atoms with E-state index < -0.39 is 11.7 Å². The Bertz CT molecular complexity index is 1000. The molecule has 146 valence electrons. The molecule has 4 rings (SSSR count). The Hall–Kier alpha value is -3.03. The van der Waals surface area contributed by atoms with Crippen LogP contribution in [0.5, 0.6) is 0 Å². The summed E-state index contributed by atoms with van der Waals surface area (Å²) >= 11 is 0. The molecule has 0 saturated carbocycles. The van der Waals surface area contributed by atoms with Gasteiger partial charge in [-0.25, -0.2) is 4.98 Å². The van der Waals surface area contributed by atoms with Crippen LogP contribution in [0.2, 0.25) is 0 Å². The van der Waals surface area contributed by atoms with Gasteiger partial charge in [0, 0.05) is 62.1 Å². The SMILES string of the molecule is Cn1ccc2cc(C(=O)N3CCN(c4ccc(C(F)(F)F)cn4)CC3)ccc21. The van der Waals surface area contributed by atoms with Crippen LogP contribution >= 0.6 is 0 Å². The first kappa shape index (κ1) is 18.3. The van der Waals surface area contributed by atoms with Gasteiger partial charge in [-0.05, 0) is 36.4 Å². The Kier molecular flexibility index (Phi) is 4.49. The highest BCUT2D eigenvalue weighted by Crippen LogP contribution is 2.29. The molecule has 3 aromatic rings. The van der Waals surface area contributed by atoms with E-state index in [-0.39, 0.29) is 5.91 Å². The van der Waals surface area contributed by atoms with E-state index in [0.717, 1.165) is 23.2 Å². The van der Waals surface area contributed by atoms with Crippen molar-refractivity contribution in [2.45, 2.75) is 6.18 Å². The smallest absolute Gasteiger partial charge is 0.353 e. The van der Waals surface area contributed by atoms with Gasteiger partial charge in [0.05, 0.1) is 5.56 Å². The number of aryl methyl sites for hydroxylation is 1. The zero-order chi connectivity index (χ0) is 19.9. The van der Waals surface area contributed by atoms with Crippen molar-refractivity contribution >= 4 is 22.6 Å². The number of nitrogens with zero attached hydrogens (tertiary/aromatic N) is 4. The summed E-state index contributed by atoms with van der Waals surface area (Å²) in [5, 5.41) is 1.01. The van der Waals surface area contributed by atoms with E-state index in [1.165, 1.54) is 6.07 Å². The zero-order valence-electron chi connectivity index (χ0n) is 15.3. The van der Waals surface area contributed by atoms with Gasteiger partial charge in [0.15, 0.2) is 0 Å². The normalized spacial score (nSPS) is 15.3. The fourth-order valence-electron chi connectivity index (χ4n) is 3.48. The van der Waals surface area contributed by atoms with Gasteiger partial charge >= 0.3 is 6.18 Å². The second-order valence-corrected chi connectivity index (χ2v) is 6.88. The van der Waals surface area contributed by atoms with Crippen LogP contribution in [0, 0.1) is 0 Å². The molecule has 1 saturated heterocycles. The highest BCUT2D eigenvalue weighted by atomic mass is 19.4. The molecule has 0 N–H and O–H groups in total. The highest BCUT2D eigenvalue weighted by Gasteiger charge is 2.31. The van der Waals surface area contributed by atoms with Crippen LogP contribution in [0.25, 0.3) is 10.9 Å². The summed E-state index contributed by atoms with van der Waals surface area (Å²) < 4.78 is 40.0. The number of pyridine rings is 1. The average molecular weight is 388 g/mol. The summed E-state index contributed by atoms with van der Waals surface area (Å²) in [5.74, 6) is 0.455. The maximum atomic E-state index is 12.8. The van der Waals surface area contributed by atoms with Crippen LogP contribution in [-0.4, -0.2) is 46.5 Å². The number of benzene rings is 1. The number of hydrogen-bond donors (Lipinski definition) is 0. The van der Waals surface area contributed by atoms with Crippen molar-refractivity contribution in [1.29, 1.82) is 0 Å². The molecule has 0 bridgehead atoms. The number of fused-ring (bicyclic) bond motifs is 1. The van der Waals surface area contributed by atoms with Gasteiger partial charge in [0.2, 0.25) is 0 Å². The van der Waals surface area contributed by atoms with Crippen molar-refractivity contribution in [3.05, 3.63) is 59.9 Å². The van der Waals surface area contributed by atoms with E-state index in [1.807, 2.05) is 47.0 Å². The molecule has 1 aromatic carbocycles. The molecule has 1 aliphatic heterocycles. The quantitative estimate of drug-likeness (QED) is 0.674. The minimum Gasteiger partial charge on any atom is -0.353 e. The van der Waals surface area contributed by atoms with Crippen LogP contribution in [0.4, 0.5) is 19.0 Å². The van der Waals surface area contributed by atoms with Crippen molar-refractivity contribution in [2.24, 2.45) is 7.05 Å². The van der Waals surface area contributed by atoms with Gasteiger partial charge in [-0.15, -0.1) is 0 Å². The van der Waals surface area contributed by atoms with Crippen molar-refractivity contribution in [3.8, 4) is 0 Å². The van der Waals surface area contributed by atoms with Crippen molar-refractivity contribution in [2.75, 3.05) is 31.1 Å². The molecule has 1 amide bonds. The Morgan fingerprint density at radius 2 is 1.79 bits per heavy atom. The first-order valence-electron chi connectivity index (χ1n) is 8.95. The molecule has 2 aromatic heterocycles. The molecule has 0 atom stereocenters. The third-order valence-electron chi connectivity index (χ3n) is 5.10. The van der Waals surface area contributed by atoms with Gasteiger partial charge in [0.1, 0.15) is 5.82 Å². The van der Waals surface area contributed by atoms with E-state index in [2.05, 4.69) is 4.98 Å². The number of hydrogen-bond acceptors (Lipinski definition) is 3. The Labute approximate surface area is 160 Å². The Morgan fingerprint density at radius 1 is 1.04 bits per heavy atom. The van der Waals surface area contributed by atoms with Crippen LogP contribution in [0.1, 0.15) is 15.9 Å². The summed E-state index contributed by atoms with van der Waals surface area (Å²) in [7, 11) is 1.96. The van der Waals surface area contributed by atoms with Crippen molar-refractivity contribution in [3.63, 3.8) is 0 Å². The van der Waals surface area contributed by atoms with Crippen LogP contribution in [-0.2, 0) is 13.2 Å². The first-order valence-corrected chi connectivity index (χ1v) is 8.95. The molecule has 28 heavy (non-hydrogen) atoms. The first-order chi connectivity index (χ1) is 13.3. The second kappa shape index (κ2) is 6.85. The van der Waals surface area contributed by atoms with Gasteiger partial charge < -0.3 is 14.4 Å². The summed E-state index contributed by atoms with van der Waals surface area (Å²) in [5.41, 5.74) is 0.941. The monoisotopic (exact) mass is 388 g/mol. The minimum atomic E-state index is -4.39. The number of halogens is 3. The minimum absolute atomic E-state index is 0.0363. The fraction of sp³-hybridized carbons (Fsp3) is 0.300. The number of anilines is 1. The lowest BCUT2D eigenvalue weighted by atomic mass is 10.1. The zero-order valence-corrected chi connectivity index (χ0v) is 15.3. The largest absolute Gasteiger partial charge is 0.417 e. The molecule has 0 radical (unpaired) electrons. The number of rotatable bonds is 2. The summed E-state index contributed by atoms with van der Waals surface area (Å²) in [6.07, 6.45) is -1.59. The molecule has 0 unspecified atom stereocenters. The van der Waals surface area contributed by atoms with Gasteiger partial charge in [-0.3, -0.25) is 4.79 Å². The highest BCUT2D eigenvalue weighted by molar-refractivity contribution is 5.98. The molecule has 5 nitrogen and oxygen atoms in total. The van der Waals surface area contributed by atoms with Crippen LogP contribution in [0.3, 0.4) is 0 Å². The molecule has 8 heteroatoms. The van der Waals surface area contributed by atoms with E-state index in [9.17, 15) is 18.0 Å². The molecule has 0 spiro atoms. The molecular formula is C20H19F3N4O. The van der Waals surface area contributed by atoms with E-state index >= 15 is 0 Å². The third kappa shape index (κ3) is 3.42. The number of amides is 1. The van der Waals surface area contributed by atoms with E-state index in [1.54, 1.807) is 4.90 Å². The van der Waals surface area contributed by atoms with Gasteiger partial charge in [-0.1, -0.05) is 0 Å². The second-order valence-electron chi connectivity index (χ2n) is 6.88. The lowest BCUT2D eigenvalue weighted by molar-refractivity contribution is -0.137. The van der Waals surface area contributed by atoms with E-state index in [0.29, 0.717) is 37.6 Å². The number of carbonyl (C=O) groups is 1. The van der Waals surface area contributed by atoms with Gasteiger partial charge in [0.25, 0.3) is 5.91 Å². The number of piperazine rings is 1. The standard InChI is InChI=1S/C20H19F3N4O/c1-25-7-6-14-12-15(2-4-17(14)25)19(28)27-10-8-26(9-11-27)18-5-3-16(13-24-18)20(21,22)23/h2-7,12-13H,8-11H2,1H3. The topological polar surface area (TPSA) is 41.4 Å². The van der Waals surface area contributed by atoms with E-state index in [4.69, 9.17) is 0 Å². The Balaban J connectivity index is 1.42. The lowest BCUT2D eigenvalue weighted by Crippen LogP contribution is -2.49. The predicted molar refractivity (Wildman–Crippen MR) is 100 cm³/mol. The maximum Gasteiger partial charge on any atom is 0.417 e. The number of carbonyl (C=O) groups excluding carboxylic acids is 1. The molecular weight excluding hydrogens is 369 g/mol. The molecule has 3 heterocycles. The van der Waals surface area contributed by atoms with Gasteiger partial charge in [-0.2, -0.15) is 13.2 Å². The van der Waals surface area contributed by atoms with Crippen molar-refractivity contribution in [1.82, 2.24) is 14.5 Å². The van der Waals surface area contributed by atoms with Crippen LogP contribution in [0.15, 0.2) is 48.8 Å². The average Bonchev–Trinajstić information content (AvgIpc) is 3.07. The number of alkyl halides is 3. The lowest BCUT2D eigenvalue weighted by Gasteiger charge is -2.35. The summed E-state index contributed by atoms with van der Waals surface area (Å²) in [6, 6.07) is 10.0. The summed E-state index contributed by atoms with van der Waals surface area (Å²) in [6.45, 7) is 2.04. The molecule has 0 aliphatic carbocycles. The maximum absolute atomic E-state index is 12.8. The Morgan fingerprint density at radius 3 is 2.43 bits per heavy atom. The fourth-order valence-corrected chi connectivity index (χ4v) is 3.48. The third-order valence-corrected chi connectivity index (χ3v) is 5.10. The van der Waals surface area contributed by atoms with Crippen molar-refractivity contribution < 1.29 is 18.0 Å². The summed E-state index contributed by atoms with van der Waals surface area (Å²) in [4.78, 5) is 20.4. The molecule has 1 fully saturated rings. The molecule has 1 aliphatic rings. The predicted octanol–water partition coefficient (Wildman–Crippen LogP) is 3.55.